The fraction of sp³-hybridized carbons (Fsp3) is 0.857. The maximum absolute atomic E-state index is 4.56. The molecular weight excluding hydrogens is 290 g/mol. The number of halogens is 1. The number of alkyl halides is 1. The molecule has 3 rings (SSSR count). The number of hydrogen-bond donors (Lipinski definition) is 0. The van der Waals surface area contributed by atoms with Crippen molar-refractivity contribution >= 4 is 15.9 Å². The third-order valence-corrected chi connectivity index (χ3v) is 4.60. The van der Waals surface area contributed by atoms with Gasteiger partial charge in [-0.15, -0.1) is 10.2 Å². The molecule has 18 heavy (non-hydrogen) atoms. The maximum atomic E-state index is 4.56. The Kier molecular flexibility index (Phi) is 3.04. The molecule has 100 valence electrons. The Labute approximate surface area is 117 Å². The second-order valence-electron chi connectivity index (χ2n) is 6.81. The van der Waals surface area contributed by atoms with Crippen LogP contribution in [0.25, 0.3) is 0 Å². The van der Waals surface area contributed by atoms with Gasteiger partial charge in [0.2, 0.25) is 0 Å². The molecule has 0 radical (unpaired) electrons. The van der Waals surface area contributed by atoms with Gasteiger partial charge >= 0.3 is 0 Å². The summed E-state index contributed by atoms with van der Waals surface area (Å²) in [4.78, 5) is 0. The number of aromatic nitrogens is 3. The number of nitrogens with zero attached hydrogens (tertiary/aromatic N) is 3. The molecule has 0 aromatic carbocycles. The van der Waals surface area contributed by atoms with Gasteiger partial charge < -0.3 is 4.57 Å². The molecule has 2 aliphatic rings. The zero-order chi connectivity index (χ0) is 12.9. The molecule has 2 aliphatic carbocycles. The van der Waals surface area contributed by atoms with E-state index in [4.69, 9.17) is 0 Å². The summed E-state index contributed by atoms with van der Waals surface area (Å²) >= 11 is 3.55. The van der Waals surface area contributed by atoms with E-state index in [0.29, 0.717) is 5.92 Å². The molecule has 0 atom stereocenters. The van der Waals surface area contributed by atoms with Crippen LogP contribution in [0.1, 0.15) is 64.0 Å². The minimum absolute atomic E-state index is 0.0734. The predicted molar refractivity (Wildman–Crippen MR) is 75.8 cm³/mol. The monoisotopic (exact) mass is 311 g/mol. The van der Waals surface area contributed by atoms with Crippen LogP contribution in [0.5, 0.6) is 0 Å². The Morgan fingerprint density at radius 3 is 2.11 bits per heavy atom. The molecule has 0 saturated heterocycles. The molecule has 1 heterocycles. The van der Waals surface area contributed by atoms with Crippen LogP contribution in [0.15, 0.2) is 0 Å². The quantitative estimate of drug-likeness (QED) is 0.791. The Bertz CT molecular complexity index is 426. The normalized spacial score (nSPS) is 20.7. The predicted octanol–water partition coefficient (Wildman–Crippen LogP) is 3.83. The summed E-state index contributed by atoms with van der Waals surface area (Å²) in [6.45, 7) is 6.76. The Morgan fingerprint density at radius 2 is 1.72 bits per heavy atom. The highest BCUT2D eigenvalue weighted by Crippen LogP contribution is 2.54. The van der Waals surface area contributed by atoms with Gasteiger partial charge in [-0.05, 0) is 58.3 Å². The molecule has 0 unspecified atom stereocenters. The molecule has 1 aromatic heterocycles. The van der Waals surface area contributed by atoms with E-state index in [1.807, 2.05) is 0 Å². The van der Waals surface area contributed by atoms with Gasteiger partial charge in [-0.25, -0.2) is 0 Å². The van der Waals surface area contributed by atoms with Crippen LogP contribution in [0.2, 0.25) is 0 Å². The van der Waals surface area contributed by atoms with Gasteiger partial charge in [0.15, 0.2) is 0 Å². The Morgan fingerprint density at radius 1 is 1.17 bits per heavy atom. The van der Waals surface area contributed by atoms with Crippen LogP contribution in [-0.4, -0.2) is 14.8 Å². The molecule has 4 heteroatoms. The third kappa shape index (κ3) is 2.24. The SMILES string of the molecule is CC(C)(C)n1c(CBr)nnc1C(C1CC1)C1CC1. The van der Waals surface area contributed by atoms with Gasteiger partial charge in [-0.3, -0.25) is 0 Å². The topological polar surface area (TPSA) is 30.7 Å². The van der Waals surface area contributed by atoms with Gasteiger partial charge in [0.1, 0.15) is 11.6 Å². The highest BCUT2D eigenvalue weighted by Gasteiger charge is 2.45. The summed E-state index contributed by atoms with van der Waals surface area (Å²) < 4.78 is 2.38. The molecule has 3 nitrogen and oxygen atoms in total. The van der Waals surface area contributed by atoms with Crippen molar-refractivity contribution < 1.29 is 0 Å². The van der Waals surface area contributed by atoms with Crippen molar-refractivity contribution in [3.8, 4) is 0 Å². The minimum atomic E-state index is 0.0734. The van der Waals surface area contributed by atoms with Crippen molar-refractivity contribution in [3.05, 3.63) is 11.6 Å². The standard InChI is InChI=1S/C14H22BrN3/c1-14(2,3)18-11(8-15)16-17-13(18)12(9-4-5-9)10-6-7-10/h9-10,12H,4-8H2,1-3H3. The van der Waals surface area contributed by atoms with Gasteiger partial charge in [-0.2, -0.15) is 0 Å². The van der Waals surface area contributed by atoms with Crippen LogP contribution in [-0.2, 0) is 10.9 Å². The lowest BCUT2D eigenvalue weighted by Crippen LogP contribution is -2.28. The Balaban J connectivity index is 2.02. The fourth-order valence-corrected chi connectivity index (χ4v) is 3.44. The van der Waals surface area contributed by atoms with Crippen LogP contribution >= 0.6 is 15.9 Å². The van der Waals surface area contributed by atoms with E-state index in [2.05, 4.69) is 51.5 Å². The van der Waals surface area contributed by atoms with E-state index in [-0.39, 0.29) is 5.54 Å². The van der Waals surface area contributed by atoms with Gasteiger partial charge in [0.05, 0.1) is 5.33 Å². The first kappa shape index (κ1) is 12.6. The first-order valence-corrected chi connectivity index (χ1v) is 8.15. The fourth-order valence-electron chi connectivity index (χ4n) is 3.08. The van der Waals surface area contributed by atoms with Crippen LogP contribution in [0, 0.1) is 11.8 Å². The molecule has 0 N–H and O–H groups in total. The first-order chi connectivity index (χ1) is 8.52. The van der Waals surface area contributed by atoms with Crippen molar-refractivity contribution in [3.63, 3.8) is 0 Å². The molecule has 2 fully saturated rings. The summed E-state index contributed by atoms with van der Waals surface area (Å²) in [5.74, 6) is 4.76. The largest absolute Gasteiger partial charge is 0.309 e. The van der Waals surface area contributed by atoms with Crippen molar-refractivity contribution in [2.75, 3.05) is 0 Å². The van der Waals surface area contributed by atoms with Crippen LogP contribution < -0.4 is 0 Å². The van der Waals surface area contributed by atoms with E-state index in [0.717, 1.165) is 23.0 Å². The zero-order valence-electron chi connectivity index (χ0n) is 11.5. The van der Waals surface area contributed by atoms with E-state index < -0.39 is 0 Å². The second-order valence-corrected chi connectivity index (χ2v) is 7.38. The lowest BCUT2D eigenvalue weighted by atomic mass is 9.95. The number of hydrogen-bond acceptors (Lipinski definition) is 2. The molecule has 0 amide bonds. The van der Waals surface area contributed by atoms with E-state index in [1.165, 1.54) is 31.5 Å². The van der Waals surface area contributed by atoms with Crippen molar-refractivity contribution in [2.45, 2.75) is 63.2 Å². The van der Waals surface area contributed by atoms with Crippen LogP contribution in [0.3, 0.4) is 0 Å². The van der Waals surface area contributed by atoms with Gasteiger partial charge in [0, 0.05) is 11.5 Å². The highest BCUT2D eigenvalue weighted by molar-refractivity contribution is 9.08. The molecule has 1 aromatic rings. The zero-order valence-corrected chi connectivity index (χ0v) is 13.1. The van der Waals surface area contributed by atoms with E-state index in [1.54, 1.807) is 0 Å². The van der Waals surface area contributed by atoms with Crippen molar-refractivity contribution in [1.29, 1.82) is 0 Å². The maximum Gasteiger partial charge on any atom is 0.144 e. The summed E-state index contributed by atoms with van der Waals surface area (Å²) in [7, 11) is 0. The van der Waals surface area contributed by atoms with Gasteiger partial charge in [0.25, 0.3) is 0 Å². The lowest BCUT2D eigenvalue weighted by molar-refractivity contribution is 0.349. The average molecular weight is 312 g/mol. The molecule has 0 spiro atoms. The second kappa shape index (κ2) is 4.32. The number of rotatable bonds is 4. The lowest BCUT2D eigenvalue weighted by Gasteiger charge is -2.27. The summed E-state index contributed by atoms with van der Waals surface area (Å²) in [5, 5.41) is 9.76. The summed E-state index contributed by atoms with van der Waals surface area (Å²) in [5.41, 5.74) is 0.0734. The molecule has 2 saturated carbocycles. The van der Waals surface area contributed by atoms with E-state index >= 15 is 0 Å². The van der Waals surface area contributed by atoms with E-state index in [9.17, 15) is 0 Å². The summed E-state index contributed by atoms with van der Waals surface area (Å²) in [6, 6.07) is 0. The first-order valence-electron chi connectivity index (χ1n) is 7.03. The summed E-state index contributed by atoms with van der Waals surface area (Å²) in [6.07, 6.45) is 5.56. The van der Waals surface area contributed by atoms with Gasteiger partial charge in [-0.1, -0.05) is 15.9 Å². The van der Waals surface area contributed by atoms with Crippen molar-refractivity contribution in [1.82, 2.24) is 14.8 Å². The molecule has 0 aliphatic heterocycles. The molecule has 0 bridgehead atoms. The molecular formula is C14H22BrN3. The smallest absolute Gasteiger partial charge is 0.144 e. The minimum Gasteiger partial charge on any atom is -0.309 e. The Hall–Kier alpha value is -0.380. The van der Waals surface area contributed by atoms with Crippen LogP contribution in [0.4, 0.5) is 0 Å². The average Bonchev–Trinajstić information content (AvgIpc) is 3.17. The third-order valence-electron chi connectivity index (χ3n) is 4.10. The van der Waals surface area contributed by atoms with Crippen molar-refractivity contribution in [2.24, 2.45) is 11.8 Å². The highest BCUT2D eigenvalue weighted by atomic mass is 79.9.